The van der Waals surface area contributed by atoms with Gasteiger partial charge in [-0.1, -0.05) is 6.07 Å². The standard InChI is InChI=1S/C13H18N2O2/c1-13(2,3)17-8-7-16-11-6-4-5-10(9-14)12(11)15/h4-6H,7-8,15H2,1-3H3. The van der Waals surface area contributed by atoms with E-state index < -0.39 is 0 Å². The first kappa shape index (κ1) is 13.3. The molecule has 2 N–H and O–H groups in total. The Kier molecular flexibility index (Phi) is 4.36. The van der Waals surface area contributed by atoms with Crippen LogP contribution in [0, 0.1) is 11.3 Å². The van der Waals surface area contributed by atoms with E-state index in [1.807, 2.05) is 26.8 Å². The minimum absolute atomic E-state index is 0.177. The Hall–Kier alpha value is -1.73. The summed E-state index contributed by atoms with van der Waals surface area (Å²) in [4.78, 5) is 0. The summed E-state index contributed by atoms with van der Waals surface area (Å²) in [6.07, 6.45) is 0. The average molecular weight is 234 g/mol. The topological polar surface area (TPSA) is 68.3 Å². The Morgan fingerprint density at radius 2 is 2.00 bits per heavy atom. The van der Waals surface area contributed by atoms with Crippen LogP contribution in [0.15, 0.2) is 18.2 Å². The lowest BCUT2D eigenvalue weighted by Crippen LogP contribution is -2.22. The van der Waals surface area contributed by atoms with Crippen LogP contribution >= 0.6 is 0 Å². The van der Waals surface area contributed by atoms with Crippen molar-refractivity contribution >= 4 is 5.69 Å². The molecule has 0 unspecified atom stereocenters. The van der Waals surface area contributed by atoms with Gasteiger partial charge in [-0.2, -0.15) is 5.26 Å². The molecule has 0 atom stereocenters. The molecule has 0 aromatic heterocycles. The lowest BCUT2D eigenvalue weighted by molar-refractivity contribution is -0.0162. The van der Waals surface area contributed by atoms with E-state index in [2.05, 4.69) is 0 Å². The Balaban J connectivity index is 2.51. The zero-order valence-corrected chi connectivity index (χ0v) is 10.5. The van der Waals surface area contributed by atoms with Crippen LogP contribution in [-0.2, 0) is 4.74 Å². The molecule has 0 saturated heterocycles. The van der Waals surface area contributed by atoms with Gasteiger partial charge in [-0.3, -0.25) is 0 Å². The van der Waals surface area contributed by atoms with E-state index in [0.717, 1.165) is 0 Å². The number of hydrogen-bond acceptors (Lipinski definition) is 4. The molecule has 0 aliphatic heterocycles. The van der Waals surface area contributed by atoms with Crippen molar-refractivity contribution in [2.45, 2.75) is 26.4 Å². The van der Waals surface area contributed by atoms with Crippen molar-refractivity contribution in [3.05, 3.63) is 23.8 Å². The fourth-order valence-corrected chi connectivity index (χ4v) is 1.27. The van der Waals surface area contributed by atoms with Gasteiger partial charge in [0, 0.05) is 0 Å². The molecule has 0 heterocycles. The molecule has 0 radical (unpaired) electrons. The Labute approximate surface area is 102 Å². The molecule has 0 amide bonds. The summed E-state index contributed by atoms with van der Waals surface area (Å²) in [5.41, 5.74) is 6.41. The van der Waals surface area contributed by atoms with Crippen molar-refractivity contribution < 1.29 is 9.47 Å². The molecular formula is C13H18N2O2. The third kappa shape index (κ3) is 4.33. The number of nitrogens with zero attached hydrogens (tertiary/aromatic N) is 1. The fraction of sp³-hybridized carbons (Fsp3) is 0.462. The van der Waals surface area contributed by atoms with Gasteiger partial charge in [-0.25, -0.2) is 0 Å². The zero-order chi connectivity index (χ0) is 12.9. The number of rotatable bonds is 4. The molecular weight excluding hydrogens is 216 g/mol. The van der Waals surface area contributed by atoms with Gasteiger partial charge in [0.1, 0.15) is 18.4 Å². The highest BCUT2D eigenvalue weighted by Crippen LogP contribution is 2.24. The maximum absolute atomic E-state index is 8.81. The maximum atomic E-state index is 8.81. The van der Waals surface area contributed by atoms with E-state index in [4.69, 9.17) is 20.5 Å². The van der Waals surface area contributed by atoms with Crippen LogP contribution in [0.25, 0.3) is 0 Å². The van der Waals surface area contributed by atoms with Crippen molar-refractivity contribution in [1.82, 2.24) is 0 Å². The molecule has 1 rings (SSSR count). The predicted molar refractivity (Wildman–Crippen MR) is 66.8 cm³/mol. The third-order valence-corrected chi connectivity index (χ3v) is 2.06. The summed E-state index contributed by atoms with van der Waals surface area (Å²) < 4.78 is 11.0. The molecule has 4 heteroatoms. The lowest BCUT2D eigenvalue weighted by atomic mass is 10.2. The van der Waals surface area contributed by atoms with Crippen molar-refractivity contribution in [3.8, 4) is 11.8 Å². The van der Waals surface area contributed by atoms with E-state index in [0.29, 0.717) is 30.2 Å². The van der Waals surface area contributed by atoms with E-state index >= 15 is 0 Å². The van der Waals surface area contributed by atoms with Crippen molar-refractivity contribution in [2.24, 2.45) is 0 Å². The van der Waals surface area contributed by atoms with E-state index in [1.165, 1.54) is 0 Å². The molecule has 1 aromatic rings. The van der Waals surface area contributed by atoms with E-state index in [9.17, 15) is 0 Å². The number of benzene rings is 1. The van der Waals surface area contributed by atoms with E-state index in [1.54, 1.807) is 18.2 Å². The lowest BCUT2D eigenvalue weighted by Gasteiger charge is -2.19. The summed E-state index contributed by atoms with van der Waals surface area (Å²) in [7, 11) is 0. The SMILES string of the molecule is CC(C)(C)OCCOc1cccc(C#N)c1N. The number of nitriles is 1. The number of anilines is 1. The smallest absolute Gasteiger partial charge is 0.143 e. The highest BCUT2D eigenvalue weighted by atomic mass is 16.5. The Morgan fingerprint density at radius 1 is 1.29 bits per heavy atom. The van der Waals surface area contributed by atoms with Gasteiger partial charge >= 0.3 is 0 Å². The fourth-order valence-electron chi connectivity index (χ4n) is 1.27. The van der Waals surface area contributed by atoms with Gasteiger partial charge < -0.3 is 15.2 Å². The number of nitrogens with two attached hydrogens (primary N) is 1. The Morgan fingerprint density at radius 3 is 2.59 bits per heavy atom. The summed E-state index contributed by atoms with van der Waals surface area (Å²) in [6.45, 7) is 6.85. The first-order chi connectivity index (χ1) is 7.94. The van der Waals surface area contributed by atoms with Crippen LogP contribution in [-0.4, -0.2) is 18.8 Å². The van der Waals surface area contributed by atoms with Crippen LogP contribution in [0.4, 0.5) is 5.69 Å². The molecule has 0 saturated carbocycles. The molecule has 0 bridgehead atoms. The van der Waals surface area contributed by atoms with Crippen LogP contribution in [0.5, 0.6) is 5.75 Å². The normalized spacial score (nSPS) is 10.9. The zero-order valence-electron chi connectivity index (χ0n) is 10.5. The summed E-state index contributed by atoms with van der Waals surface area (Å²) >= 11 is 0. The quantitative estimate of drug-likeness (QED) is 0.641. The van der Waals surface area contributed by atoms with Gasteiger partial charge in [-0.05, 0) is 32.9 Å². The molecule has 0 fully saturated rings. The molecule has 0 aliphatic carbocycles. The monoisotopic (exact) mass is 234 g/mol. The molecule has 1 aromatic carbocycles. The van der Waals surface area contributed by atoms with Gasteiger partial charge in [0.25, 0.3) is 0 Å². The van der Waals surface area contributed by atoms with Crippen molar-refractivity contribution in [3.63, 3.8) is 0 Å². The van der Waals surface area contributed by atoms with Crippen molar-refractivity contribution in [1.29, 1.82) is 5.26 Å². The molecule has 0 spiro atoms. The summed E-state index contributed by atoms with van der Waals surface area (Å²) in [5, 5.41) is 8.81. The largest absolute Gasteiger partial charge is 0.489 e. The molecule has 0 aliphatic rings. The highest BCUT2D eigenvalue weighted by Gasteiger charge is 2.10. The first-order valence-corrected chi connectivity index (χ1v) is 5.49. The van der Waals surface area contributed by atoms with Gasteiger partial charge in [-0.15, -0.1) is 0 Å². The number of nitrogen functional groups attached to an aromatic ring is 1. The second-order valence-corrected chi connectivity index (χ2v) is 4.64. The minimum Gasteiger partial charge on any atom is -0.489 e. The molecule has 4 nitrogen and oxygen atoms in total. The number of para-hydroxylation sites is 1. The van der Waals surface area contributed by atoms with Gasteiger partial charge in [0.2, 0.25) is 0 Å². The van der Waals surface area contributed by atoms with Gasteiger partial charge in [0.15, 0.2) is 0 Å². The summed E-state index contributed by atoms with van der Waals surface area (Å²) in [5.74, 6) is 0.529. The predicted octanol–water partition coefficient (Wildman–Crippen LogP) is 2.33. The minimum atomic E-state index is -0.177. The first-order valence-electron chi connectivity index (χ1n) is 5.49. The van der Waals surface area contributed by atoms with Crippen LogP contribution in [0.3, 0.4) is 0 Å². The van der Waals surface area contributed by atoms with Crippen LogP contribution < -0.4 is 10.5 Å². The molecule has 92 valence electrons. The molecule has 17 heavy (non-hydrogen) atoms. The van der Waals surface area contributed by atoms with Crippen molar-refractivity contribution in [2.75, 3.05) is 18.9 Å². The Bertz CT molecular complexity index is 416. The third-order valence-electron chi connectivity index (χ3n) is 2.06. The second-order valence-electron chi connectivity index (χ2n) is 4.64. The van der Waals surface area contributed by atoms with Crippen LogP contribution in [0.1, 0.15) is 26.3 Å². The average Bonchev–Trinajstić information content (AvgIpc) is 2.25. The van der Waals surface area contributed by atoms with E-state index in [-0.39, 0.29) is 5.60 Å². The van der Waals surface area contributed by atoms with Crippen LogP contribution in [0.2, 0.25) is 0 Å². The number of hydrogen-bond donors (Lipinski definition) is 1. The maximum Gasteiger partial charge on any atom is 0.143 e. The van der Waals surface area contributed by atoms with Gasteiger partial charge in [0.05, 0.1) is 23.5 Å². The highest BCUT2D eigenvalue weighted by molar-refractivity contribution is 5.62. The number of ether oxygens (including phenoxy) is 2. The summed E-state index contributed by atoms with van der Waals surface area (Å²) in [6, 6.07) is 7.16. The second kappa shape index (κ2) is 5.55.